The molecule has 1 heterocycles. The fourth-order valence-electron chi connectivity index (χ4n) is 2.81. The first-order chi connectivity index (χ1) is 9.17. The van der Waals surface area contributed by atoms with Crippen LogP contribution in [0.1, 0.15) is 30.4 Å². The van der Waals surface area contributed by atoms with Crippen molar-refractivity contribution in [3.63, 3.8) is 0 Å². The van der Waals surface area contributed by atoms with Gasteiger partial charge in [-0.05, 0) is 36.6 Å². The van der Waals surface area contributed by atoms with Gasteiger partial charge in [-0.1, -0.05) is 42.5 Å². The van der Waals surface area contributed by atoms with Crippen molar-refractivity contribution in [1.82, 2.24) is 0 Å². The van der Waals surface area contributed by atoms with Crippen molar-refractivity contribution < 1.29 is 9.13 Å². The van der Waals surface area contributed by atoms with Crippen molar-refractivity contribution in [2.24, 2.45) is 0 Å². The molecule has 3 rings (SSSR count). The van der Waals surface area contributed by atoms with Gasteiger partial charge in [-0.2, -0.15) is 0 Å². The Kier molecular flexibility index (Phi) is 3.11. The van der Waals surface area contributed by atoms with Gasteiger partial charge in [-0.3, -0.25) is 0 Å². The normalized spacial score (nSPS) is 26.5. The van der Waals surface area contributed by atoms with E-state index < -0.39 is 0 Å². The van der Waals surface area contributed by atoms with Gasteiger partial charge in [0.05, 0.1) is 12.2 Å². The standard InChI is InChI=1S/C17H17FO/c1-17(15-5-3-2-4-6-15)11-14(12-19-17)13-7-9-16(18)10-8-13/h2-10,14H,11-12H2,1H3/t14-,17-/m1/s1. The molecule has 2 atom stereocenters. The van der Waals surface area contributed by atoms with E-state index in [1.165, 1.54) is 17.7 Å². The van der Waals surface area contributed by atoms with E-state index in [0.29, 0.717) is 12.5 Å². The van der Waals surface area contributed by atoms with Crippen LogP contribution < -0.4 is 0 Å². The number of benzene rings is 2. The molecule has 1 aliphatic heterocycles. The summed E-state index contributed by atoms with van der Waals surface area (Å²) in [5, 5.41) is 0. The van der Waals surface area contributed by atoms with Gasteiger partial charge in [-0.15, -0.1) is 0 Å². The zero-order chi connectivity index (χ0) is 13.3. The third kappa shape index (κ3) is 2.41. The zero-order valence-corrected chi connectivity index (χ0v) is 11.0. The topological polar surface area (TPSA) is 9.23 Å². The summed E-state index contributed by atoms with van der Waals surface area (Å²) in [6.45, 7) is 2.82. The Balaban J connectivity index is 1.82. The van der Waals surface area contributed by atoms with Crippen LogP contribution in [0.25, 0.3) is 0 Å². The van der Waals surface area contributed by atoms with Crippen molar-refractivity contribution in [1.29, 1.82) is 0 Å². The van der Waals surface area contributed by atoms with Gasteiger partial charge in [0.2, 0.25) is 0 Å². The summed E-state index contributed by atoms with van der Waals surface area (Å²) >= 11 is 0. The Labute approximate surface area is 113 Å². The van der Waals surface area contributed by atoms with E-state index in [2.05, 4.69) is 19.1 Å². The van der Waals surface area contributed by atoms with Gasteiger partial charge in [0.1, 0.15) is 5.82 Å². The number of hydrogen-bond acceptors (Lipinski definition) is 1. The van der Waals surface area contributed by atoms with E-state index in [0.717, 1.165) is 12.0 Å². The number of rotatable bonds is 2. The van der Waals surface area contributed by atoms with Crippen LogP contribution in [-0.2, 0) is 10.3 Å². The Bertz CT molecular complexity index is 549. The van der Waals surface area contributed by atoms with Crippen LogP contribution >= 0.6 is 0 Å². The Hall–Kier alpha value is -1.67. The molecule has 1 nitrogen and oxygen atoms in total. The maximum atomic E-state index is 13.0. The molecule has 98 valence electrons. The molecule has 0 aromatic heterocycles. The van der Waals surface area contributed by atoms with Crippen molar-refractivity contribution in [3.05, 3.63) is 71.5 Å². The predicted octanol–water partition coefficient (Wildman–Crippen LogP) is 4.25. The van der Waals surface area contributed by atoms with Gasteiger partial charge >= 0.3 is 0 Å². The predicted molar refractivity (Wildman–Crippen MR) is 73.5 cm³/mol. The van der Waals surface area contributed by atoms with Gasteiger partial charge in [-0.25, -0.2) is 4.39 Å². The quantitative estimate of drug-likeness (QED) is 0.780. The molecule has 2 heteroatoms. The second kappa shape index (κ2) is 4.78. The van der Waals surface area contributed by atoms with Gasteiger partial charge in [0, 0.05) is 5.92 Å². The Morgan fingerprint density at radius 2 is 1.74 bits per heavy atom. The van der Waals surface area contributed by atoms with E-state index in [-0.39, 0.29) is 11.4 Å². The second-order valence-electron chi connectivity index (χ2n) is 5.36. The molecule has 2 aromatic carbocycles. The number of ether oxygens (including phenoxy) is 1. The first-order valence-electron chi connectivity index (χ1n) is 6.62. The van der Waals surface area contributed by atoms with E-state index >= 15 is 0 Å². The van der Waals surface area contributed by atoms with Crippen LogP contribution in [0.4, 0.5) is 4.39 Å². The van der Waals surface area contributed by atoms with Crippen molar-refractivity contribution in [2.75, 3.05) is 6.61 Å². The molecule has 0 unspecified atom stereocenters. The van der Waals surface area contributed by atoms with E-state index in [1.54, 1.807) is 0 Å². The highest BCUT2D eigenvalue weighted by Gasteiger charge is 2.38. The van der Waals surface area contributed by atoms with Crippen molar-refractivity contribution >= 4 is 0 Å². The minimum Gasteiger partial charge on any atom is -0.370 e. The largest absolute Gasteiger partial charge is 0.370 e. The van der Waals surface area contributed by atoms with Gasteiger partial charge in [0.15, 0.2) is 0 Å². The minimum atomic E-state index is -0.236. The first kappa shape index (κ1) is 12.4. The lowest BCUT2D eigenvalue weighted by molar-refractivity contribution is 0.0164. The van der Waals surface area contributed by atoms with Gasteiger partial charge < -0.3 is 4.74 Å². The molecule has 0 saturated carbocycles. The van der Waals surface area contributed by atoms with Crippen LogP contribution in [0.15, 0.2) is 54.6 Å². The third-order valence-corrected chi connectivity index (χ3v) is 3.96. The summed E-state index contributed by atoms with van der Waals surface area (Å²) in [5.41, 5.74) is 2.13. The molecule has 0 amide bonds. The lowest BCUT2D eigenvalue weighted by Gasteiger charge is -2.23. The average Bonchev–Trinajstić information content (AvgIpc) is 2.85. The maximum absolute atomic E-state index is 13.0. The molecule has 2 aromatic rings. The highest BCUT2D eigenvalue weighted by Crippen LogP contribution is 2.42. The van der Waals surface area contributed by atoms with E-state index in [1.807, 2.05) is 30.3 Å². The lowest BCUT2D eigenvalue weighted by atomic mass is 9.86. The average molecular weight is 256 g/mol. The third-order valence-electron chi connectivity index (χ3n) is 3.96. The molecular weight excluding hydrogens is 239 g/mol. The summed E-state index contributed by atoms with van der Waals surface area (Å²) in [7, 11) is 0. The van der Waals surface area contributed by atoms with Crippen LogP contribution in [0.2, 0.25) is 0 Å². The highest BCUT2D eigenvalue weighted by molar-refractivity contribution is 5.27. The maximum Gasteiger partial charge on any atom is 0.123 e. The van der Waals surface area contributed by atoms with Crippen molar-refractivity contribution in [2.45, 2.75) is 24.9 Å². The molecule has 19 heavy (non-hydrogen) atoms. The Morgan fingerprint density at radius 3 is 2.42 bits per heavy atom. The molecule has 0 radical (unpaired) electrons. The van der Waals surface area contributed by atoms with Crippen LogP contribution in [-0.4, -0.2) is 6.61 Å². The second-order valence-corrected chi connectivity index (χ2v) is 5.36. The smallest absolute Gasteiger partial charge is 0.123 e. The molecule has 1 aliphatic rings. The number of halogens is 1. The molecule has 1 fully saturated rings. The summed E-state index contributed by atoms with van der Waals surface area (Å²) < 4.78 is 19.0. The van der Waals surface area contributed by atoms with Gasteiger partial charge in [0.25, 0.3) is 0 Å². The summed E-state index contributed by atoms with van der Waals surface area (Å²) in [6, 6.07) is 17.1. The van der Waals surface area contributed by atoms with Crippen LogP contribution in [0.5, 0.6) is 0 Å². The van der Waals surface area contributed by atoms with Crippen LogP contribution in [0.3, 0.4) is 0 Å². The molecule has 0 aliphatic carbocycles. The first-order valence-corrected chi connectivity index (χ1v) is 6.62. The minimum absolute atomic E-state index is 0.187. The van der Waals surface area contributed by atoms with Crippen LogP contribution in [0, 0.1) is 5.82 Å². The highest BCUT2D eigenvalue weighted by atomic mass is 19.1. The monoisotopic (exact) mass is 256 g/mol. The summed E-state index contributed by atoms with van der Waals surface area (Å²) in [6.07, 6.45) is 0.933. The van der Waals surface area contributed by atoms with E-state index in [4.69, 9.17) is 4.74 Å². The summed E-state index contributed by atoms with van der Waals surface area (Å²) in [5.74, 6) is 0.152. The lowest BCUT2D eigenvalue weighted by Crippen LogP contribution is -2.19. The van der Waals surface area contributed by atoms with Crippen molar-refractivity contribution in [3.8, 4) is 0 Å². The molecular formula is C17H17FO. The zero-order valence-electron chi connectivity index (χ0n) is 11.0. The summed E-state index contributed by atoms with van der Waals surface area (Å²) in [4.78, 5) is 0. The number of hydrogen-bond donors (Lipinski definition) is 0. The van der Waals surface area contributed by atoms with E-state index in [9.17, 15) is 4.39 Å². The molecule has 0 bridgehead atoms. The Morgan fingerprint density at radius 1 is 1.05 bits per heavy atom. The fourth-order valence-corrected chi connectivity index (χ4v) is 2.81. The fraction of sp³-hybridized carbons (Fsp3) is 0.294. The molecule has 1 saturated heterocycles. The molecule has 0 spiro atoms. The molecule has 0 N–H and O–H groups in total. The SMILES string of the molecule is C[C@]1(c2ccccc2)C[C@@H](c2ccc(F)cc2)CO1.